The van der Waals surface area contributed by atoms with Crippen molar-refractivity contribution in [2.75, 3.05) is 19.8 Å². The number of hydrogen-bond donors (Lipinski definition) is 0. The summed E-state index contributed by atoms with van der Waals surface area (Å²) in [6, 6.07) is 6.95. The average molecular weight is 329 g/mol. The predicted molar refractivity (Wildman–Crippen MR) is 89.7 cm³/mol. The van der Waals surface area contributed by atoms with Crippen LogP contribution in [0.25, 0.3) is 0 Å². The number of imide groups is 1. The normalized spacial score (nSPS) is 20.8. The quantitative estimate of drug-likeness (QED) is 0.438. The zero-order valence-corrected chi connectivity index (χ0v) is 13.8. The SMILES string of the molecule is O=C1c2ccccc2C(=O)N1CC=CCCCOC1CCCCO1. The summed E-state index contributed by atoms with van der Waals surface area (Å²) in [4.78, 5) is 25.7. The number of rotatable bonds is 7. The largest absolute Gasteiger partial charge is 0.353 e. The van der Waals surface area contributed by atoms with E-state index in [1.54, 1.807) is 24.3 Å². The first-order chi connectivity index (χ1) is 11.8. The second-order valence-corrected chi connectivity index (χ2v) is 6.05. The van der Waals surface area contributed by atoms with Gasteiger partial charge < -0.3 is 9.47 Å². The summed E-state index contributed by atoms with van der Waals surface area (Å²) < 4.78 is 11.2. The maximum Gasteiger partial charge on any atom is 0.261 e. The van der Waals surface area contributed by atoms with E-state index in [-0.39, 0.29) is 18.1 Å². The van der Waals surface area contributed by atoms with Crippen molar-refractivity contribution in [3.63, 3.8) is 0 Å². The van der Waals surface area contributed by atoms with Crippen molar-refractivity contribution in [1.82, 2.24) is 4.90 Å². The van der Waals surface area contributed by atoms with Crippen LogP contribution in [0.1, 0.15) is 52.8 Å². The van der Waals surface area contributed by atoms with E-state index in [4.69, 9.17) is 9.47 Å². The smallest absolute Gasteiger partial charge is 0.261 e. The molecule has 1 aromatic carbocycles. The number of carbonyl (C=O) groups is 2. The third-order valence-electron chi connectivity index (χ3n) is 4.29. The Morgan fingerprint density at radius 3 is 2.54 bits per heavy atom. The Morgan fingerprint density at radius 1 is 1.12 bits per heavy atom. The minimum atomic E-state index is -0.210. The Kier molecular flexibility index (Phi) is 5.77. The van der Waals surface area contributed by atoms with Gasteiger partial charge in [-0.3, -0.25) is 14.5 Å². The molecular formula is C19H23NO4. The molecule has 0 bridgehead atoms. The zero-order valence-electron chi connectivity index (χ0n) is 13.8. The summed E-state index contributed by atoms with van der Waals surface area (Å²) in [5.74, 6) is -0.420. The van der Waals surface area contributed by atoms with Crippen LogP contribution >= 0.6 is 0 Å². The number of unbranched alkanes of at least 4 members (excludes halogenated alkanes) is 1. The van der Waals surface area contributed by atoms with Gasteiger partial charge in [0.1, 0.15) is 0 Å². The summed E-state index contributed by atoms with van der Waals surface area (Å²) in [7, 11) is 0. The highest BCUT2D eigenvalue weighted by atomic mass is 16.7. The van der Waals surface area contributed by atoms with Crippen LogP contribution < -0.4 is 0 Å². The van der Waals surface area contributed by atoms with Crippen molar-refractivity contribution in [3.05, 3.63) is 47.5 Å². The highest BCUT2D eigenvalue weighted by Crippen LogP contribution is 2.22. The first-order valence-corrected chi connectivity index (χ1v) is 8.61. The van der Waals surface area contributed by atoms with E-state index in [0.717, 1.165) is 32.3 Å². The van der Waals surface area contributed by atoms with Gasteiger partial charge in [-0.05, 0) is 44.2 Å². The zero-order chi connectivity index (χ0) is 16.8. The van der Waals surface area contributed by atoms with E-state index in [1.807, 2.05) is 12.2 Å². The molecule has 2 aliphatic heterocycles. The molecule has 0 aromatic heterocycles. The Labute approximate surface area is 142 Å². The molecular weight excluding hydrogens is 306 g/mol. The van der Waals surface area contributed by atoms with Gasteiger partial charge in [-0.1, -0.05) is 24.3 Å². The van der Waals surface area contributed by atoms with Gasteiger partial charge >= 0.3 is 0 Å². The first-order valence-electron chi connectivity index (χ1n) is 8.61. The number of hydrogen-bond acceptors (Lipinski definition) is 4. The van der Waals surface area contributed by atoms with Gasteiger partial charge in [0.2, 0.25) is 0 Å². The maximum atomic E-state index is 12.2. The van der Waals surface area contributed by atoms with Crippen LogP contribution in [0.5, 0.6) is 0 Å². The van der Waals surface area contributed by atoms with Crippen molar-refractivity contribution >= 4 is 11.8 Å². The summed E-state index contributed by atoms with van der Waals surface area (Å²) in [6.45, 7) is 1.78. The molecule has 1 fully saturated rings. The number of amides is 2. The highest BCUT2D eigenvalue weighted by molar-refractivity contribution is 6.21. The molecule has 0 aliphatic carbocycles. The second kappa shape index (κ2) is 8.22. The minimum Gasteiger partial charge on any atom is -0.353 e. The highest BCUT2D eigenvalue weighted by Gasteiger charge is 2.33. The lowest BCUT2D eigenvalue weighted by molar-refractivity contribution is -0.162. The molecule has 5 nitrogen and oxygen atoms in total. The van der Waals surface area contributed by atoms with E-state index in [1.165, 1.54) is 11.3 Å². The van der Waals surface area contributed by atoms with Gasteiger partial charge in [-0.2, -0.15) is 0 Å². The van der Waals surface area contributed by atoms with Gasteiger partial charge in [0, 0.05) is 13.2 Å². The Hall–Kier alpha value is -1.98. The molecule has 3 rings (SSSR count). The third kappa shape index (κ3) is 3.91. The Morgan fingerprint density at radius 2 is 1.88 bits per heavy atom. The molecule has 0 radical (unpaired) electrons. The van der Waals surface area contributed by atoms with Crippen LogP contribution in [0.3, 0.4) is 0 Å². The fourth-order valence-electron chi connectivity index (χ4n) is 2.96. The lowest BCUT2D eigenvalue weighted by Gasteiger charge is -2.22. The average Bonchev–Trinajstić information content (AvgIpc) is 2.87. The second-order valence-electron chi connectivity index (χ2n) is 6.05. The molecule has 5 heteroatoms. The van der Waals surface area contributed by atoms with Crippen molar-refractivity contribution in [2.45, 2.75) is 38.4 Å². The number of allylic oxidation sites excluding steroid dienone is 1. The van der Waals surface area contributed by atoms with Crippen molar-refractivity contribution < 1.29 is 19.1 Å². The monoisotopic (exact) mass is 329 g/mol. The topological polar surface area (TPSA) is 55.8 Å². The molecule has 1 saturated heterocycles. The standard InChI is InChI=1S/C19H23NO4/c21-18-15-9-3-4-10-16(15)19(22)20(18)12-6-1-2-7-13-23-17-11-5-8-14-24-17/h1,3-4,6,9-10,17H,2,5,7-8,11-14H2. The number of ether oxygens (including phenoxy) is 2. The molecule has 2 amide bonds. The molecule has 2 heterocycles. The van der Waals surface area contributed by atoms with Gasteiger partial charge in [-0.15, -0.1) is 0 Å². The maximum absolute atomic E-state index is 12.2. The van der Waals surface area contributed by atoms with Gasteiger partial charge in [0.25, 0.3) is 11.8 Å². The van der Waals surface area contributed by atoms with E-state index >= 15 is 0 Å². The molecule has 0 spiro atoms. The minimum absolute atomic E-state index is 0.0407. The van der Waals surface area contributed by atoms with E-state index in [9.17, 15) is 9.59 Å². The van der Waals surface area contributed by atoms with E-state index in [2.05, 4.69) is 0 Å². The number of nitrogens with zero attached hydrogens (tertiary/aromatic N) is 1. The number of benzene rings is 1. The first kappa shape index (κ1) is 16.9. The van der Waals surface area contributed by atoms with Crippen LogP contribution in [0.15, 0.2) is 36.4 Å². The van der Waals surface area contributed by atoms with E-state index < -0.39 is 0 Å². The number of fused-ring (bicyclic) bond motifs is 1. The van der Waals surface area contributed by atoms with Crippen LogP contribution in [0.4, 0.5) is 0 Å². The fraction of sp³-hybridized carbons (Fsp3) is 0.474. The molecule has 2 aliphatic rings. The molecule has 1 atom stereocenters. The molecule has 1 aromatic rings. The van der Waals surface area contributed by atoms with Crippen LogP contribution in [-0.2, 0) is 9.47 Å². The predicted octanol–water partition coefficient (Wildman–Crippen LogP) is 3.16. The summed E-state index contributed by atoms with van der Waals surface area (Å²) in [6.07, 6.45) is 8.86. The van der Waals surface area contributed by atoms with Crippen LogP contribution in [-0.4, -0.2) is 42.8 Å². The van der Waals surface area contributed by atoms with Crippen LogP contribution in [0, 0.1) is 0 Å². The Bertz CT molecular complexity index is 585. The van der Waals surface area contributed by atoms with Gasteiger partial charge in [0.15, 0.2) is 6.29 Å². The van der Waals surface area contributed by atoms with Gasteiger partial charge in [-0.25, -0.2) is 0 Å². The lowest BCUT2D eigenvalue weighted by atomic mass is 10.1. The summed E-state index contributed by atoms with van der Waals surface area (Å²) >= 11 is 0. The summed E-state index contributed by atoms with van der Waals surface area (Å²) in [5.41, 5.74) is 0.994. The number of carbonyl (C=O) groups excluding carboxylic acids is 2. The van der Waals surface area contributed by atoms with Crippen molar-refractivity contribution in [3.8, 4) is 0 Å². The summed E-state index contributed by atoms with van der Waals surface area (Å²) in [5, 5.41) is 0. The molecule has 24 heavy (non-hydrogen) atoms. The van der Waals surface area contributed by atoms with Crippen LogP contribution in [0.2, 0.25) is 0 Å². The third-order valence-corrected chi connectivity index (χ3v) is 4.29. The fourth-order valence-corrected chi connectivity index (χ4v) is 2.96. The van der Waals surface area contributed by atoms with Crippen molar-refractivity contribution in [1.29, 1.82) is 0 Å². The molecule has 0 saturated carbocycles. The van der Waals surface area contributed by atoms with Crippen molar-refractivity contribution in [2.24, 2.45) is 0 Å². The molecule has 0 N–H and O–H groups in total. The molecule has 128 valence electrons. The van der Waals surface area contributed by atoms with Gasteiger partial charge in [0.05, 0.1) is 17.7 Å². The molecule has 1 unspecified atom stereocenters. The lowest BCUT2D eigenvalue weighted by Crippen LogP contribution is -2.29. The van der Waals surface area contributed by atoms with E-state index in [0.29, 0.717) is 24.3 Å². The Balaban J connectivity index is 1.36.